The number of phosphoric ester groups is 1. The van der Waals surface area contributed by atoms with Gasteiger partial charge < -0.3 is 24.6 Å². The minimum Gasteiger partial charge on any atom is -0.457 e. The van der Waals surface area contributed by atoms with Crippen LogP contribution in [0.15, 0.2) is 24.3 Å². The fraction of sp³-hybridized carbons (Fsp3) is 0.865. The van der Waals surface area contributed by atoms with Gasteiger partial charge in [0.1, 0.15) is 12.2 Å². The summed E-state index contributed by atoms with van der Waals surface area (Å²) in [7, 11) is -4.51. The number of ether oxygens (including phenoxy) is 2. The monoisotopic (exact) mass is 690 g/mol. The third-order valence-electron chi connectivity index (χ3n) is 7.84. The molecule has 0 aromatic carbocycles. The molecule has 0 spiro atoms. The van der Waals surface area contributed by atoms with Gasteiger partial charge in [0.2, 0.25) is 0 Å². The maximum atomic E-state index is 12.5. The van der Waals surface area contributed by atoms with Crippen molar-refractivity contribution in [2.75, 3.05) is 33.0 Å². The van der Waals surface area contributed by atoms with Crippen LogP contribution in [0.2, 0.25) is 0 Å². The summed E-state index contributed by atoms with van der Waals surface area (Å²) in [6, 6.07) is 0. The number of rotatable bonds is 36. The highest BCUT2D eigenvalue weighted by molar-refractivity contribution is 7.47. The summed E-state index contributed by atoms with van der Waals surface area (Å²) in [5.74, 6) is -0.397. The smallest absolute Gasteiger partial charge is 0.457 e. The first-order chi connectivity index (χ1) is 22.8. The van der Waals surface area contributed by atoms with Crippen LogP contribution in [0.4, 0.5) is 0 Å². The fourth-order valence-electron chi connectivity index (χ4n) is 4.94. The van der Waals surface area contributed by atoms with Crippen molar-refractivity contribution in [1.82, 2.24) is 0 Å². The van der Waals surface area contributed by atoms with Gasteiger partial charge >= 0.3 is 13.8 Å². The molecule has 0 saturated carbocycles. The van der Waals surface area contributed by atoms with E-state index in [-0.39, 0.29) is 19.6 Å². The van der Waals surface area contributed by atoms with Gasteiger partial charge in [-0.2, -0.15) is 0 Å². The molecule has 0 aromatic rings. The van der Waals surface area contributed by atoms with E-state index in [1.54, 1.807) is 0 Å². The molecular weight excluding hydrogens is 619 g/mol. The average Bonchev–Trinajstić information content (AvgIpc) is 3.06. The summed E-state index contributed by atoms with van der Waals surface area (Å²) in [4.78, 5) is 22.4. The highest BCUT2D eigenvalue weighted by Crippen LogP contribution is 2.43. The number of hydrogen-bond donors (Lipinski definition) is 3. The molecule has 0 heterocycles. The van der Waals surface area contributed by atoms with Crippen LogP contribution in [-0.4, -0.2) is 66.3 Å². The van der Waals surface area contributed by atoms with Gasteiger partial charge in [0.05, 0.1) is 26.4 Å². The van der Waals surface area contributed by atoms with Crippen molar-refractivity contribution in [2.24, 2.45) is 0 Å². The number of hydrogen-bond acceptors (Lipinski definition) is 8. The van der Waals surface area contributed by atoms with Gasteiger partial charge in [0, 0.05) is 13.0 Å². The maximum Gasteiger partial charge on any atom is 0.472 e. The molecule has 3 N–H and O–H groups in total. The Hall–Kier alpha value is -1.06. The Kier molecular flexibility index (Phi) is 34.0. The van der Waals surface area contributed by atoms with Gasteiger partial charge in [0.15, 0.2) is 0 Å². The molecule has 47 heavy (non-hydrogen) atoms. The Morgan fingerprint density at radius 3 is 1.68 bits per heavy atom. The zero-order valence-corrected chi connectivity index (χ0v) is 30.9. The number of esters is 1. The van der Waals surface area contributed by atoms with Crippen molar-refractivity contribution in [1.29, 1.82) is 0 Å². The fourth-order valence-corrected chi connectivity index (χ4v) is 5.73. The van der Waals surface area contributed by atoms with Gasteiger partial charge in [-0.1, -0.05) is 122 Å². The summed E-state index contributed by atoms with van der Waals surface area (Å²) in [5.41, 5.74) is 0. The number of carbonyl (C=O) groups excluding carboxylic acids is 1. The predicted molar refractivity (Wildman–Crippen MR) is 191 cm³/mol. The second-order valence-electron chi connectivity index (χ2n) is 12.6. The van der Waals surface area contributed by atoms with Gasteiger partial charge in [-0.05, 0) is 57.8 Å². The zero-order chi connectivity index (χ0) is 34.7. The Balaban J connectivity index is 4.21. The zero-order valence-electron chi connectivity index (χ0n) is 30.0. The standard InChI is InChI=1S/C37H71O9P/c1-3-5-7-9-11-13-15-16-17-18-19-20-22-24-26-28-30-43-33-36(34-45-47(41,42)44-32-35(39)31-38)46-37(40)29-27-25-23-21-14-12-10-8-6-4-2/h8,10,16-17,35-36,38-39H,3-7,9,11-15,18-34H2,1-2H3,(H,41,42)/b10-8-,17-16-. The summed E-state index contributed by atoms with van der Waals surface area (Å²) in [5, 5.41) is 18.3. The van der Waals surface area contributed by atoms with Crippen LogP contribution in [0.25, 0.3) is 0 Å². The minimum absolute atomic E-state index is 0.0433. The average molecular weight is 691 g/mol. The third kappa shape index (κ3) is 34.6. The van der Waals surface area contributed by atoms with E-state index in [1.807, 2.05) is 0 Å². The van der Waals surface area contributed by atoms with E-state index in [2.05, 4.69) is 38.2 Å². The lowest BCUT2D eigenvalue weighted by Crippen LogP contribution is -2.29. The van der Waals surface area contributed by atoms with E-state index in [4.69, 9.17) is 23.6 Å². The van der Waals surface area contributed by atoms with Crippen LogP contribution >= 0.6 is 7.82 Å². The highest BCUT2D eigenvalue weighted by atomic mass is 31.2. The normalized spacial score (nSPS) is 14.6. The van der Waals surface area contributed by atoms with Gasteiger partial charge in [-0.15, -0.1) is 0 Å². The molecule has 3 unspecified atom stereocenters. The van der Waals surface area contributed by atoms with Crippen LogP contribution in [0.1, 0.15) is 162 Å². The first-order valence-electron chi connectivity index (χ1n) is 18.8. The molecule has 0 aromatic heterocycles. The number of allylic oxidation sites excluding steroid dienone is 4. The molecule has 0 saturated heterocycles. The molecular formula is C37H71O9P. The second kappa shape index (κ2) is 34.8. The van der Waals surface area contributed by atoms with Crippen molar-refractivity contribution in [3.63, 3.8) is 0 Å². The maximum absolute atomic E-state index is 12.5. The summed E-state index contributed by atoms with van der Waals surface area (Å²) >= 11 is 0. The molecule has 0 amide bonds. The summed E-state index contributed by atoms with van der Waals surface area (Å²) in [6.45, 7) is 3.42. The second-order valence-corrected chi connectivity index (χ2v) is 14.0. The molecule has 0 aliphatic heterocycles. The predicted octanol–water partition coefficient (Wildman–Crippen LogP) is 9.53. The number of phosphoric acid groups is 1. The third-order valence-corrected chi connectivity index (χ3v) is 8.79. The summed E-state index contributed by atoms with van der Waals surface area (Å²) in [6.07, 6.45) is 32.8. The Morgan fingerprint density at radius 2 is 1.13 bits per heavy atom. The molecule has 10 heteroatoms. The number of carbonyl (C=O) groups is 1. The Labute approximate surface area is 287 Å². The van der Waals surface area contributed by atoms with Crippen molar-refractivity contribution < 1.29 is 43.0 Å². The van der Waals surface area contributed by atoms with Crippen LogP contribution in [0.5, 0.6) is 0 Å². The Bertz CT molecular complexity index is 790. The van der Waals surface area contributed by atoms with Crippen molar-refractivity contribution in [3.8, 4) is 0 Å². The quantitative estimate of drug-likeness (QED) is 0.0254. The summed E-state index contributed by atoms with van der Waals surface area (Å²) < 4.78 is 33.2. The van der Waals surface area contributed by atoms with Gasteiger partial charge in [-0.3, -0.25) is 13.8 Å². The number of unbranched alkanes of at least 4 members (excludes halogenated alkanes) is 18. The molecule has 0 rings (SSSR count). The van der Waals surface area contributed by atoms with Crippen molar-refractivity contribution >= 4 is 13.8 Å². The first kappa shape index (κ1) is 45.9. The molecule has 0 bridgehead atoms. The number of aliphatic hydroxyl groups is 2. The first-order valence-corrected chi connectivity index (χ1v) is 20.3. The van der Waals surface area contributed by atoms with Crippen LogP contribution in [0, 0.1) is 0 Å². The largest absolute Gasteiger partial charge is 0.472 e. The topological polar surface area (TPSA) is 132 Å². The lowest BCUT2D eigenvalue weighted by molar-refractivity contribution is -0.154. The van der Waals surface area contributed by atoms with Crippen molar-refractivity contribution in [3.05, 3.63) is 24.3 Å². The van der Waals surface area contributed by atoms with E-state index < -0.39 is 39.2 Å². The number of aliphatic hydroxyl groups excluding tert-OH is 2. The van der Waals surface area contributed by atoms with Crippen LogP contribution in [0.3, 0.4) is 0 Å². The molecule has 0 aliphatic carbocycles. The lowest BCUT2D eigenvalue weighted by Gasteiger charge is -2.20. The molecule has 0 aliphatic rings. The Morgan fingerprint density at radius 1 is 0.638 bits per heavy atom. The molecule has 278 valence electrons. The van der Waals surface area contributed by atoms with Crippen LogP contribution < -0.4 is 0 Å². The van der Waals surface area contributed by atoms with E-state index in [0.29, 0.717) is 6.61 Å². The SMILES string of the molecule is CCC/C=C\CCCCCCCC(=O)OC(COCCCCCCCC/C=C\CCCCCCCC)COP(=O)(O)OCC(O)CO. The van der Waals surface area contributed by atoms with E-state index in [0.717, 1.165) is 70.6 Å². The molecule has 9 nitrogen and oxygen atoms in total. The molecule has 0 radical (unpaired) electrons. The van der Waals surface area contributed by atoms with E-state index in [9.17, 15) is 19.4 Å². The lowest BCUT2D eigenvalue weighted by atomic mass is 10.1. The van der Waals surface area contributed by atoms with E-state index in [1.165, 1.54) is 70.6 Å². The minimum atomic E-state index is -4.51. The highest BCUT2D eigenvalue weighted by Gasteiger charge is 2.26. The van der Waals surface area contributed by atoms with Crippen LogP contribution in [-0.2, 0) is 27.9 Å². The molecule has 3 atom stereocenters. The molecule has 0 fully saturated rings. The van der Waals surface area contributed by atoms with Gasteiger partial charge in [-0.25, -0.2) is 4.57 Å². The van der Waals surface area contributed by atoms with E-state index >= 15 is 0 Å². The van der Waals surface area contributed by atoms with Gasteiger partial charge in [0.25, 0.3) is 0 Å². The van der Waals surface area contributed by atoms with Crippen molar-refractivity contribution in [2.45, 2.75) is 174 Å².